The van der Waals surface area contributed by atoms with E-state index in [0.717, 1.165) is 26.1 Å². The fourth-order valence-corrected chi connectivity index (χ4v) is 5.33. The van der Waals surface area contributed by atoms with E-state index in [1.807, 2.05) is 18.2 Å². The Bertz CT molecular complexity index is 1300. The van der Waals surface area contributed by atoms with E-state index in [9.17, 15) is 26.0 Å². The van der Waals surface area contributed by atoms with E-state index in [0.29, 0.717) is 11.3 Å². The fourth-order valence-electron chi connectivity index (χ4n) is 3.63. The number of nitrogens with one attached hydrogen (secondary N) is 2. The molecule has 1 aromatic heterocycles. The molecule has 2 aromatic carbocycles. The van der Waals surface area contributed by atoms with Crippen LogP contribution < -0.4 is 10.0 Å². The molecule has 0 saturated carbocycles. The molecule has 1 fully saturated rings. The number of alkyl halides is 3. The Hall–Kier alpha value is -3.23. The maximum absolute atomic E-state index is 14.7. The molecule has 8 nitrogen and oxygen atoms in total. The predicted octanol–water partition coefficient (Wildman–Crippen LogP) is 4.71. The van der Waals surface area contributed by atoms with Crippen molar-refractivity contribution in [3.63, 3.8) is 0 Å². The van der Waals surface area contributed by atoms with E-state index in [-0.39, 0.29) is 16.8 Å². The average Bonchev–Trinajstić information content (AvgIpc) is 3.48. The van der Waals surface area contributed by atoms with Crippen molar-refractivity contribution in [2.24, 2.45) is 0 Å². The topological polar surface area (TPSA) is 112 Å². The molecule has 0 amide bonds. The van der Waals surface area contributed by atoms with Gasteiger partial charge in [0.05, 0.1) is 5.51 Å². The first kappa shape index (κ1) is 28.3. The van der Waals surface area contributed by atoms with E-state index >= 15 is 0 Å². The summed E-state index contributed by atoms with van der Waals surface area (Å²) < 4.78 is 73.8. The van der Waals surface area contributed by atoms with Crippen molar-refractivity contribution in [1.82, 2.24) is 9.88 Å². The summed E-state index contributed by atoms with van der Waals surface area (Å²) in [5, 5.41) is 12.1. The van der Waals surface area contributed by atoms with Gasteiger partial charge < -0.3 is 10.4 Å². The molecule has 200 valence electrons. The highest BCUT2D eigenvalue weighted by Crippen LogP contribution is 2.27. The largest absolute Gasteiger partial charge is 0.490 e. The number of thiazole rings is 1. The van der Waals surface area contributed by atoms with Gasteiger partial charge in [-0.3, -0.25) is 9.62 Å². The molecule has 37 heavy (non-hydrogen) atoms. The number of likely N-dealkylation sites (tertiary alicyclic amines) is 1. The molecule has 0 bridgehead atoms. The number of benzene rings is 2. The van der Waals surface area contributed by atoms with E-state index in [1.54, 1.807) is 12.3 Å². The number of sulfonamides is 1. The monoisotopic (exact) mass is 560 g/mol. The lowest BCUT2D eigenvalue weighted by Gasteiger charge is -2.19. The molecule has 1 aliphatic heterocycles. The summed E-state index contributed by atoms with van der Waals surface area (Å²) in [7, 11) is -4.04. The maximum Gasteiger partial charge on any atom is 0.490 e. The average molecular weight is 561 g/mol. The van der Waals surface area contributed by atoms with E-state index in [1.165, 1.54) is 34.5 Å². The molecule has 0 aliphatic carbocycles. The number of rotatable bonds is 7. The second-order valence-electron chi connectivity index (χ2n) is 8.23. The van der Waals surface area contributed by atoms with Crippen molar-refractivity contribution in [2.45, 2.75) is 37.0 Å². The SMILES string of the molecule is Cc1cc(S(=O)(=O)Nc2cscn2)c(F)cc1N[C@H]1CCN(Cc2ccccc2)C1.O=C(O)C(F)(F)F. The lowest BCUT2D eigenvalue weighted by atomic mass is 10.1. The van der Waals surface area contributed by atoms with Crippen LogP contribution in [0.4, 0.5) is 29.1 Å². The number of aromatic nitrogens is 1. The third-order valence-corrected chi connectivity index (χ3v) is 7.32. The molecular weight excluding hydrogens is 536 g/mol. The highest BCUT2D eigenvalue weighted by molar-refractivity contribution is 7.92. The van der Waals surface area contributed by atoms with E-state index < -0.39 is 28.0 Å². The summed E-state index contributed by atoms with van der Waals surface area (Å²) in [6, 6.07) is 13.1. The van der Waals surface area contributed by atoms with Crippen molar-refractivity contribution >= 4 is 38.8 Å². The highest BCUT2D eigenvalue weighted by Gasteiger charge is 2.38. The standard InChI is InChI=1S/C21H23FN4O2S2.C2HF3O2/c1-15-9-20(30(27,28)25-21-13-29-14-23-21)18(22)10-19(15)24-17-7-8-26(12-17)11-16-5-3-2-4-6-16;3-2(4,5)1(6)7/h2-6,9-10,13-14,17,24-25H,7-8,11-12H2,1H3;(H,6,7)/t17-;/m0./s1. The number of carboxylic acid groups (broad SMARTS) is 1. The van der Waals surface area contributed by atoms with Crippen LogP contribution in [-0.4, -0.2) is 54.7 Å². The number of carboxylic acids is 1. The number of nitrogens with zero attached hydrogens (tertiary/aromatic N) is 2. The van der Waals surface area contributed by atoms with Gasteiger partial charge in [0.2, 0.25) is 0 Å². The summed E-state index contributed by atoms with van der Waals surface area (Å²) in [5.74, 6) is -3.36. The van der Waals surface area contributed by atoms with Crippen molar-refractivity contribution in [1.29, 1.82) is 0 Å². The minimum atomic E-state index is -5.08. The van der Waals surface area contributed by atoms with Gasteiger partial charge in [0, 0.05) is 36.7 Å². The number of hydrogen-bond donors (Lipinski definition) is 3. The van der Waals surface area contributed by atoms with Crippen LogP contribution in [0, 0.1) is 12.7 Å². The zero-order chi connectivity index (χ0) is 27.2. The first-order chi connectivity index (χ1) is 17.3. The van der Waals surface area contributed by atoms with Crippen molar-refractivity contribution in [3.05, 3.63) is 70.3 Å². The third kappa shape index (κ3) is 8.13. The van der Waals surface area contributed by atoms with Crippen LogP contribution >= 0.6 is 11.3 Å². The number of hydrogen-bond acceptors (Lipinski definition) is 7. The molecule has 3 aromatic rings. The van der Waals surface area contributed by atoms with Gasteiger partial charge in [-0.05, 0) is 36.6 Å². The lowest BCUT2D eigenvalue weighted by Crippen LogP contribution is -2.26. The molecular formula is C23H24F4N4O4S2. The number of halogens is 4. The molecule has 2 heterocycles. The Kier molecular flexibility index (Phi) is 9.10. The van der Waals surface area contributed by atoms with Gasteiger partial charge in [0.25, 0.3) is 10.0 Å². The van der Waals surface area contributed by atoms with Crippen molar-refractivity contribution < 1.29 is 35.9 Å². The number of anilines is 2. The van der Waals surface area contributed by atoms with Crippen molar-refractivity contribution in [3.8, 4) is 0 Å². The highest BCUT2D eigenvalue weighted by atomic mass is 32.2. The van der Waals surface area contributed by atoms with Crippen molar-refractivity contribution in [2.75, 3.05) is 23.1 Å². The van der Waals surface area contributed by atoms with E-state index in [2.05, 4.69) is 32.1 Å². The van der Waals surface area contributed by atoms with Gasteiger partial charge in [0.15, 0.2) is 5.82 Å². The first-order valence-corrected chi connectivity index (χ1v) is 13.3. The zero-order valence-corrected chi connectivity index (χ0v) is 21.1. The third-order valence-electron chi connectivity index (χ3n) is 5.36. The molecule has 1 saturated heterocycles. The number of aliphatic carboxylic acids is 1. The summed E-state index contributed by atoms with van der Waals surface area (Å²) in [6.45, 7) is 4.46. The second-order valence-corrected chi connectivity index (χ2v) is 10.6. The summed E-state index contributed by atoms with van der Waals surface area (Å²) in [6.07, 6.45) is -4.14. The fraction of sp³-hybridized carbons (Fsp3) is 0.304. The maximum atomic E-state index is 14.7. The number of aryl methyl sites for hydroxylation is 1. The Morgan fingerprint density at radius 1 is 1.24 bits per heavy atom. The lowest BCUT2D eigenvalue weighted by molar-refractivity contribution is -0.192. The predicted molar refractivity (Wildman–Crippen MR) is 131 cm³/mol. The molecule has 0 spiro atoms. The Morgan fingerprint density at radius 2 is 1.92 bits per heavy atom. The molecule has 1 atom stereocenters. The van der Waals surface area contributed by atoms with Gasteiger partial charge in [-0.2, -0.15) is 13.2 Å². The summed E-state index contributed by atoms with van der Waals surface area (Å²) >= 11 is 1.26. The van der Waals surface area contributed by atoms with E-state index in [4.69, 9.17) is 9.90 Å². The smallest absolute Gasteiger partial charge is 0.475 e. The molecule has 4 rings (SSSR count). The summed E-state index contributed by atoms with van der Waals surface area (Å²) in [4.78, 5) is 14.8. The van der Waals surface area contributed by atoms with Gasteiger partial charge >= 0.3 is 12.1 Å². The molecule has 14 heteroatoms. The van der Waals surface area contributed by atoms with Crippen LogP contribution in [-0.2, 0) is 21.4 Å². The van der Waals surface area contributed by atoms with Crippen LogP contribution in [0.25, 0.3) is 0 Å². The molecule has 0 unspecified atom stereocenters. The minimum Gasteiger partial charge on any atom is -0.475 e. The van der Waals surface area contributed by atoms with Crippen LogP contribution in [0.2, 0.25) is 0 Å². The Morgan fingerprint density at radius 3 is 2.51 bits per heavy atom. The second kappa shape index (κ2) is 11.9. The first-order valence-electron chi connectivity index (χ1n) is 10.9. The zero-order valence-electron chi connectivity index (χ0n) is 19.5. The van der Waals surface area contributed by atoms with Crippen LogP contribution in [0.1, 0.15) is 17.5 Å². The van der Waals surface area contributed by atoms with Crippen LogP contribution in [0.15, 0.2) is 58.3 Å². The number of carbonyl (C=O) groups is 1. The molecule has 1 aliphatic rings. The summed E-state index contributed by atoms with van der Waals surface area (Å²) in [5.41, 5.74) is 4.07. The van der Waals surface area contributed by atoms with Gasteiger partial charge in [0.1, 0.15) is 10.7 Å². The Balaban J connectivity index is 0.000000479. The van der Waals surface area contributed by atoms with Crippen LogP contribution in [0.5, 0.6) is 0 Å². The van der Waals surface area contributed by atoms with Gasteiger partial charge in [-0.25, -0.2) is 22.6 Å². The quantitative estimate of drug-likeness (QED) is 0.359. The Labute approximate surface area is 215 Å². The molecule has 0 radical (unpaired) electrons. The normalized spacial score (nSPS) is 16.1. The van der Waals surface area contributed by atoms with Crippen LogP contribution in [0.3, 0.4) is 0 Å². The van der Waals surface area contributed by atoms with Gasteiger partial charge in [-0.15, -0.1) is 11.3 Å². The minimum absolute atomic E-state index is 0.183. The van der Waals surface area contributed by atoms with Gasteiger partial charge in [-0.1, -0.05) is 30.3 Å². The molecule has 3 N–H and O–H groups in total.